The second-order valence-electron chi connectivity index (χ2n) is 8.70. The van der Waals surface area contributed by atoms with Crippen LogP contribution >= 0.6 is 12.2 Å². The molecule has 32 heavy (non-hydrogen) atoms. The third kappa shape index (κ3) is 3.86. The number of carbonyl (C=O) groups excluding carboxylic acids is 2. The number of hydrogen-bond donors (Lipinski definition) is 1. The summed E-state index contributed by atoms with van der Waals surface area (Å²) >= 11 is 5.27. The molecule has 2 amide bonds. The second kappa shape index (κ2) is 8.36. The number of nitrogens with one attached hydrogen (secondary N) is 1. The maximum atomic E-state index is 13.2. The van der Waals surface area contributed by atoms with E-state index in [9.17, 15) is 9.59 Å². The molecule has 0 saturated carbocycles. The van der Waals surface area contributed by atoms with Crippen LogP contribution in [0.2, 0.25) is 0 Å². The van der Waals surface area contributed by atoms with Crippen molar-refractivity contribution in [3.8, 4) is 0 Å². The van der Waals surface area contributed by atoms with Crippen molar-refractivity contribution in [2.45, 2.75) is 39.7 Å². The number of carbonyl (C=O) groups is 2. The minimum atomic E-state index is -0.481. The lowest BCUT2D eigenvalue weighted by molar-refractivity contribution is -0.122. The largest absolute Gasteiger partial charge is 0.362 e. The Hall–Kier alpha value is -3.25. The van der Waals surface area contributed by atoms with Gasteiger partial charge in [0.25, 0.3) is 11.8 Å². The van der Waals surface area contributed by atoms with Crippen LogP contribution in [-0.4, -0.2) is 29.0 Å². The van der Waals surface area contributed by atoms with E-state index in [1.165, 1.54) is 16.2 Å². The third-order valence-electron chi connectivity index (χ3n) is 5.88. The summed E-state index contributed by atoms with van der Waals surface area (Å²) in [5.41, 5.74) is 4.88. The van der Waals surface area contributed by atoms with Crippen molar-refractivity contribution in [1.29, 1.82) is 0 Å². The topological polar surface area (TPSA) is 52.7 Å². The first-order chi connectivity index (χ1) is 15.2. The zero-order chi connectivity index (χ0) is 23.0. The van der Waals surface area contributed by atoms with Gasteiger partial charge in [0.2, 0.25) is 0 Å². The van der Waals surface area contributed by atoms with Gasteiger partial charge in [0.05, 0.1) is 11.2 Å². The number of para-hydroxylation sites is 1. The second-order valence-corrected chi connectivity index (χ2v) is 9.09. The van der Waals surface area contributed by atoms with Crippen molar-refractivity contribution in [1.82, 2.24) is 5.32 Å². The van der Waals surface area contributed by atoms with Gasteiger partial charge >= 0.3 is 0 Å². The molecule has 2 aliphatic heterocycles. The maximum absolute atomic E-state index is 13.2. The lowest BCUT2D eigenvalue weighted by atomic mass is 9.87. The van der Waals surface area contributed by atoms with Crippen molar-refractivity contribution >= 4 is 52.2 Å². The molecule has 0 spiro atoms. The summed E-state index contributed by atoms with van der Waals surface area (Å²) in [4.78, 5) is 29.6. The first-order valence-corrected chi connectivity index (χ1v) is 11.2. The van der Waals surface area contributed by atoms with Crippen LogP contribution in [0.25, 0.3) is 11.6 Å². The lowest BCUT2D eigenvalue weighted by Gasteiger charge is -2.43. The smallest absolute Gasteiger partial charge is 0.270 e. The number of hydrogen-bond acceptors (Lipinski definition) is 4. The Labute approximate surface area is 194 Å². The van der Waals surface area contributed by atoms with Gasteiger partial charge in [-0.1, -0.05) is 37.3 Å². The number of fused-ring (bicyclic) bond motifs is 1. The average molecular weight is 446 g/mol. The fourth-order valence-corrected chi connectivity index (χ4v) is 4.74. The minimum absolute atomic E-state index is 0.0607. The van der Waals surface area contributed by atoms with Gasteiger partial charge in [-0.05, 0) is 80.9 Å². The van der Waals surface area contributed by atoms with Gasteiger partial charge in [0.15, 0.2) is 5.11 Å². The number of allylic oxidation sites excluding steroid dienone is 1. The molecule has 1 saturated heterocycles. The van der Waals surface area contributed by atoms with E-state index < -0.39 is 11.8 Å². The summed E-state index contributed by atoms with van der Waals surface area (Å²) in [6, 6.07) is 15.2. The van der Waals surface area contributed by atoms with Crippen LogP contribution < -0.4 is 15.1 Å². The number of rotatable bonds is 4. The average Bonchev–Trinajstić information content (AvgIpc) is 2.74. The summed E-state index contributed by atoms with van der Waals surface area (Å²) in [6.45, 7) is 9.67. The standard InChI is InChI=1S/C26H27N3O2S/c1-5-13-28-22-12-11-18(14-20(22)17(2)16-26(28,3)4)15-21-23(30)27-25(32)29(24(21)31)19-9-7-6-8-10-19/h6-12,14-16H,5,13H2,1-4H3,(H,27,30,32)/b21-15-. The molecule has 2 aliphatic rings. The Morgan fingerprint density at radius 1 is 1.09 bits per heavy atom. The van der Waals surface area contributed by atoms with E-state index in [0.717, 1.165) is 24.1 Å². The van der Waals surface area contributed by atoms with E-state index in [1.807, 2.05) is 30.3 Å². The highest BCUT2D eigenvalue weighted by Crippen LogP contribution is 2.39. The minimum Gasteiger partial charge on any atom is -0.362 e. The normalized spacial score (nSPS) is 19.1. The van der Waals surface area contributed by atoms with E-state index in [2.05, 4.69) is 50.1 Å². The zero-order valence-electron chi connectivity index (χ0n) is 18.8. The van der Waals surface area contributed by atoms with E-state index in [-0.39, 0.29) is 16.2 Å². The van der Waals surface area contributed by atoms with Crippen LogP contribution in [0.1, 0.15) is 45.2 Å². The Kier molecular flexibility index (Phi) is 5.73. The molecular formula is C26H27N3O2S. The molecule has 0 atom stereocenters. The fourth-order valence-electron chi connectivity index (χ4n) is 4.46. The van der Waals surface area contributed by atoms with Crippen LogP contribution in [0, 0.1) is 0 Å². The molecule has 0 aliphatic carbocycles. The van der Waals surface area contributed by atoms with Crippen LogP contribution in [-0.2, 0) is 9.59 Å². The number of nitrogens with zero attached hydrogens (tertiary/aromatic N) is 2. The van der Waals surface area contributed by atoms with Crippen LogP contribution in [0.4, 0.5) is 11.4 Å². The molecule has 6 heteroatoms. The first kappa shape index (κ1) is 22.0. The van der Waals surface area contributed by atoms with Gasteiger partial charge in [0, 0.05) is 17.8 Å². The molecule has 0 unspecified atom stereocenters. The van der Waals surface area contributed by atoms with Crippen molar-refractivity contribution in [2.24, 2.45) is 0 Å². The van der Waals surface area contributed by atoms with Gasteiger partial charge in [-0.15, -0.1) is 0 Å². The monoisotopic (exact) mass is 445 g/mol. The van der Waals surface area contributed by atoms with Crippen LogP contribution in [0.3, 0.4) is 0 Å². The van der Waals surface area contributed by atoms with Crippen LogP contribution in [0.15, 0.2) is 60.2 Å². The van der Waals surface area contributed by atoms with Crippen molar-refractivity contribution < 1.29 is 9.59 Å². The summed E-state index contributed by atoms with van der Waals surface area (Å²) in [7, 11) is 0. The quantitative estimate of drug-likeness (QED) is 0.412. The lowest BCUT2D eigenvalue weighted by Crippen LogP contribution is -2.54. The number of thiocarbonyl (C=S) groups is 1. The summed E-state index contributed by atoms with van der Waals surface area (Å²) in [5, 5.41) is 2.73. The molecule has 0 bridgehead atoms. The van der Waals surface area contributed by atoms with E-state index in [1.54, 1.807) is 18.2 Å². The predicted molar refractivity (Wildman–Crippen MR) is 134 cm³/mol. The van der Waals surface area contributed by atoms with Crippen molar-refractivity contribution in [3.05, 3.63) is 71.3 Å². The number of anilines is 2. The first-order valence-electron chi connectivity index (χ1n) is 10.8. The molecule has 1 fully saturated rings. The third-order valence-corrected chi connectivity index (χ3v) is 6.16. The highest BCUT2D eigenvalue weighted by Gasteiger charge is 2.35. The Morgan fingerprint density at radius 2 is 1.81 bits per heavy atom. The molecular weight excluding hydrogens is 418 g/mol. The molecule has 5 nitrogen and oxygen atoms in total. The maximum Gasteiger partial charge on any atom is 0.270 e. The summed E-state index contributed by atoms with van der Waals surface area (Å²) in [6.07, 6.45) is 4.97. The molecule has 4 rings (SSSR count). The van der Waals surface area contributed by atoms with Gasteiger partial charge in [-0.3, -0.25) is 19.8 Å². The Bertz CT molecular complexity index is 1160. The van der Waals surface area contributed by atoms with E-state index in [4.69, 9.17) is 12.2 Å². The SMILES string of the molecule is CCCN1c2ccc(/C=C3/C(=O)NC(=S)N(c4ccccc4)C3=O)cc2C(C)=CC1(C)C. The van der Waals surface area contributed by atoms with Gasteiger partial charge in [-0.2, -0.15) is 0 Å². The molecule has 2 aromatic rings. The molecule has 1 N–H and O–H groups in total. The highest BCUT2D eigenvalue weighted by atomic mass is 32.1. The molecule has 0 radical (unpaired) electrons. The van der Waals surface area contributed by atoms with Gasteiger partial charge < -0.3 is 4.90 Å². The number of benzene rings is 2. The molecule has 0 aromatic heterocycles. The zero-order valence-corrected chi connectivity index (χ0v) is 19.6. The van der Waals surface area contributed by atoms with Gasteiger partial charge in [0.1, 0.15) is 5.57 Å². The van der Waals surface area contributed by atoms with Gasteiger partial charge in [-0.25, -0.2) is 0 Å². The molecule has 2 aromatic carbocycles. The fraction of sp³-hybridized carbons (Fsp3) is 0.269. The number of amides is 2. The van der Waals surface area contributed by atoms with Crippen molar-refractivity contribution in [2.75, 3.05) is 16.3 Å². The Morgan fingerprint density at radius 3 is 2.50 bits per heavy atom. The van der Waals surface area contributed by atoms with E-state index in [0.29, 0.717) is 5.69 Å². The molecule has 164 valence electrons. The van der Waals surface area contributed by atoms with E-state index >= 15 is 0 Å². The predicted octanol–water partition coefficient (Wildman–Crippen LogP) is 4.93. The summed E-state index contributed by atoms with van der Waals surface area (Å²) < 4.78 is 0. The Balaban J connectivity index is 1.74. The molecule has 2 heterocycles. The summed E-state index contributed by atoms with van der Waals surface area (Å²) in [5.74, 6) is -0.908. The van der Waals surface area contributed by atoms with Crippen LogP contribution in [0.5, 0.6) is 0 Å². The highest BCUT2D eigenvalue weighted by molar-refractivity contribution is 7.80. The van der Waals surface area contributed by atoms with Crippen molar-refractivity contribution in [3.63, 3.8) is 0 Å².